The summed E-state index contributed by atoms with van der Waals surface area (Å²) in [7, 11) is 1.42. The first-order valence-corrected chi connectivity index (χ1v) is 8.76. The summed E-state index contributed by atoms with van der Waals surface area (Å²) in [5.74, 6) is -1.29. The number of carbonyl (C=O) groups excluding carboxylic acids is 2. The van der Waals surface area contributed by atoms with E-state index < -0.39 is 17.8 Å². The Labute approximate surface area is 170 Å². The van der Waals surface area contributed by atoms with Crippen molar-refractivity contribution in [2.45, 2.75) is 0 Å². The Kier molecular flexibility index (Phi) is 5.13. The molecule has 0 spiro atoms. The van der Waals surface area contributed by atoms with Gasteiger partial charge >= 0.3 is 11.9 Å². The summed E-state index contributed by atoms with van der Waals surface area (Å²) in [6.45, 7) is 0. The molecular formula is C22H14FNO6. The van der Waals surface area contributed by atoms with Crippen molar-refractivity contribution in [3.8, 4) is 11.5 Å². The molecule has 2 aromatic carbocycles. The second kappa shape index (κ2) is 8.04. The largest absolute Gasteiger partial charge is 0.493 e. The predicted molar refractivity (Wildman–Crippen MR) is 104 cm³/mol. The number of ether oxygens (including phenoxy) is 3. The van der Waals surface area contributed by atoms with Crippen LogP contribution in [-0.2, 0) is 9.53 Å². The molecule has 8 heteroatoms. The van der Waals surface area contributed by atoms with Gasteiger partial charge in [0.25, 0.3) is 0 Å². The van der Waals surface area contributed by atoms with Gasteiger partial charge in [0.05, 0.1) is 13.4 Å². The lowest BCUT2D eigenvalue weighted by Gasteiger charge is -2.09. The van der Waals surface area contributed by atoms with E-state index in [-0.39, 0.29) is 28.9 Å². The fourth-order valence-corrected chi connectivity index (χ4v) is 2.72. The van der Waals surface area contributed by atoms with E-state index >= 15 is 0 Å². The van der Waals surface area contributed by atoms with E-state index in [0.717, 1.165) is 0 Å². The lowest BCUT2D eigenvalue weighted by atomic mass is 10.1. The van der Waals surface area contributed by atoms with Gasteiger partial charge in [0, 0.05) is 5.56 Å². The van der Waals surface area contributed by atoms with Crippen LogP contribution in [0.4, 0.5) is 4.39 Å². The normalized spacial score (nSPS) is 14.4. The monoisotopic (exact) mass is 407 g/mol. The van der Waals surface area contributed by atoms with E-state index in [0.29, 0.717) is 11.1 Å². The molecule has 0 fully saturated rings. The molecule has 7 nitrogen and oxygen atoms in total. The van der Waals surface area contributed by atoms with Crippen LogP contribution in [0.2, 0.25) is 0 Å². The van der Waals surface area contributed by atoms with E-state index in [1.807, 2.05) is 0 Å². The van der Waals surface area contributed by atoms with Gasteiger partial charge < -0.3 is 18.6 Å². The second-order valence-electron chi connectivity index (χ2n) is 6.12. The van der Waals surface area contributed by atoms with E-state index in [2.05, 4.69) is 4.99 Å². The molecule has 0 saturated heterocycles. The second-order valence-corrected chi connectivity index (χ2v) is 6.12. The summed E-state index contributed by atoms with van der Waals surface area (Å²) in [6, 6.07) is 13.3. The number of esters is 2. The molecular weight excluding hydrogens is 393 g/mol. The molecule has 0 saturated carbocycles. The average molecular weight is 407 g/mol. The Morgan fingerprint density at radius 3 is 2.70 bits per heavy atom. The molecule has 150 valence electrons. The SMILES string of the molecule is COc1cc(C=C2N=C(c3cccc(F)c3)OC2=O)ccc1OC(=O)c1ccco1. The van der Waals surface area contributed by atoms with Crippen molar-refractivity contribution in [2.75, 3.05) is 7.11 Å². The number of rotatable bonds is 5. The van der Waals surface area contributed by atoms with Crippen molar-refractivity contribution >= 4 is 23.9 Å². The third-order valence-corrected chi connectivity index (χ3v) is 4.11. The maximum absolute atomic E-state index is 13.4. The third-order valence-electron chi connectivity index (χ3n) is 4.11. The number of halogens is 1. The Balaban J connectivity index is 1.59. The number of aliphatic imine (C=N–C) groups is 1. The molecule has 1 aliphatic rings. The van der Waals surface area contributed by atoms with E-state index in [1.165, 1.54) is 49.8 Å². The minimum Gasteiger partial charge on any atom is -0.493 e. The fraction of sp³-hybridized carbons (Fsp3) is 0.0455. The third kappa shape index (κ3) is 3.97. The first kappa shape index (κ1) is 19.1. The molecule has 0 aliphatic carbocycles. The molecule has 0 unspecified atom stereocenters. The zero-order chi connectivity index (χ0) is 21.1. The molecule has 1 aliphatic heterocycles. The maximum Gasteiger partial charge on any atom is 0.379 e. The summed E-state index contributed by atoms with van der Waals surface area (Å²) in [5, 5.41) is 0. The van der Waals surface area contributed by atoms with Gasteiger partial charge in [0.2, 0.25) is 11.7 Å². The smallest absolute Gasteiger partial charge is 0.379 e. The molecule has 1 aromatic heterocycles. The fourth-order valence-electron chi connectivity index (χ4n) is 2.72. The quantitative estimate of drug-likeness (QED) is 0.361. The average Bonchev–Trinajstić information content (AvgIpc) is 3.40. The number of hydrogen-bond acceptors (Lipinski definition) is 7. The zero-order valence-electron chi connectivity index (χ0n) is 15.6. The van der Waals surface area contributed by atoms with Crippen LogP contribution in [0.25, 0.3) is 6.08 Å². The first-order chi connectivity index (χ1) is 14.5. The Morgan fingerprint density at radius 2 is 1.97 bits per heavy atom. The van der Waals surface area contributed by atoms with Crippen LogP contribution in [-0.4, -0.2) is 24.9 Å². The number of nitrogens with zero attached hydrogens (tertiary/aromatic N) is 1. The highest BCUT2D eigenvalue weighted by Gasteiger charge is 2.24. The minimum atomic E-state index is -0.673. The van der Waals surface area contributed by atoms with Crippen LogP contribution >= 0.6 is 0 Å². The van der Waals surface area contributed by atoms with E-state index in [4.69, 9.17) is 18.6 Å². The number of cyclic esters (lactones) is 1. The summed E-state index contributed by atoms with van der Waals surface area (Å²) < 4.78 is 34.1. The molecule has 0 atom stereocenters. The molecule has 2 heterocycles. The van der Waals surface area contributed by atoms with Crippen molar-refractivity contribution in [1.82, 2.24) is 0 Å². The number of hydrogen-bond donors (Lipinski definition) is 0. The molecule has 0 radical (unpaired) electrons. The van der Waals surface area contributed by atoms with Gasteiger partial charge in [0.15, 0.2) is 17.2 Å². The van der Waals surface area contributed by atoms with Gasteiger partial charge in [-0.1, -0.05) is 12.1 Å². The molecule has 0 bridgehead atoms. The Bertz CT molecular complexity index is 1180. The van der Waals surface area contributed by atoms with Crippen LogP contribution in [0.5, 0.6) is 11.5 Å². The van der Waals surface area contributed by atoms with Crippen molar-refractivity contribution in [1.29, 1.82) is 0 Å². The standard InChI is InChI=1S/C22H14FNO6/c1-27-19-11-13(7-8-17(19)29-22(26)18-6-3-9-28-18)10-16-21(25)30-20(24-16)14-4-2-5-15(23)12-14/h2-12H,1H3. The van der Waals surface area contributed by atoms with Crippen LogP contribution < -0.4 is 9.47 Å². The van der Waals surface area contributed by atoms with Crippen LogP contribution in [0.3, 0.4) is 0 Å². The number of benzene rings is 2. The van der Waals surface area contributed by atoms with Crippen molar-refractivity contribution in [3.63, 3.8) is 0 Å². The van der Waals surface area contributed by atoms with Crippen molar-refractivity contribution in [3.05, 3.63) is 89.3 Å². The van der Waals surface area contributed by atoms with Gasteiger partial charge in [-0.15, -0.1) is 0 Å². The van der Waals surface area contributed by atoms with Crippen LogP contribution in [0, 0.1) is 5.82 Å². The first-order valence-electron chi connectivity index (χ1n) is 8.76. The lowest BCUT2D eigenvalue weighted by molar-refractivity contribution is -0.129. The summed E-state index contributed by atoms with van der Waals surface area (Å²) in [4.78, 5) is 28.3. The van der Waals surface area contributed by atoms with Gasteiger partial charge in [-0.2, -0.15) is 0 Å². The summed E-state index contributed by atoms with van der Waals surface area (Å²) in [5.41, 5.74) is 0.946. The van der Waals surface area contributed by atoms with Crippen LogP contribution in [0.1, 0.15) is 21.7 Å². The summed E-state index contributed by atoms with van der Waals surface area (Å²) in [6.07, 6.45) is 2.84. The molecule has 0 N–H and O–H groups in total. The highest BCUT2D eigenvalue weighted by molar-refractivity contribution is 6.12. The van der Waals surface area contributed by atoms with Gasteiger partial charge in [-0.25, -0.2) is 19.0 Å². The number of furan rings is 1. The highest BCUT2D eigenvalue weighted by Crippen LogP contribution is 2.30. The maximum atomic E-state index is 13.4. The van der Waals surface area contributed by atoms with Crippen molar-refractivity contribution in [2.24, 2.45) is 4.99 Å². The zero-order valence-corrected chi connectivity index (χ0v) is 15.6. The molecule has 3 aromatic rings. The van der Waals surface area contributed by atoms with Gasteiger partial charge in [-0.05, 0) is 54.1 Å². The highest BCUT2D eigenvalue weighted by atomic mass is 19.1. The number of methoxy groups -OCH3 is 1. The number of carbonyl (C=O) groups is 2. The molecule has 4 rings (SSSR count). The Hall–Kier alpha value is -4.20. The molecule has 0 amide bonds. The van der Waals surface area contributed by atoms with E-state index in [1.54, 1.807) is 24.3 Å². The minimum absolute atomic E-state index is 0.0155. The molecule has 30 heavy (non-hydrogen) atoms. The van der Waals surface area contributed by atoms with Gasteiger partial charge in [0.1, 0.15) is 5.82 Å². The Morgan fingerprint density at radius 1 is 1.10 bits per heavy atom. The topological polar surface area (TPSA) is 87.3 Å². The van der Waals surface area contributed by atoms with Gasteiger partial charge in [-0.3, -0.25) is 0 Å². The van der Waals surface area contributed by atoms with Crippen molar-refractivity contribution < 1.29 is 32.6 Å². The summed E-state index contributed by atoms with van der Waals surface area (Å²) >= 11 is 0. The predicted octanol–water partition coefficient (Wildman–Crippen LogP) is 3.99. The van der Waals surface area contributed by atoms with E-state index in [9.17, 15) is 14.0 Å². The lowest BCUT2D eigenvalue weighted by Crippen LogP contribution is -2.08. The van der Waals surface area contributed by atoms with Crippen LogP contribution in [0.15, 0.2) is 76.0 Å².